The second kappa shape index (κ2) is 4.49. The summed E-state index contributed by atoms with van der Waals surface area (Å²) >= 11 is 5.73. The van der Waals surface area contributed by atoms with E-state index in [1.54, 1.807) is 4.90 Å². The Labute approximate surface area is 94.2 Å². The molecule has 1 aromatic carbocycles. The first-order valence-electron chi connectivity index (χ1n) is 4.90. The Morgan fingerprint density at radius 2 is 2.07 bits per heavy atom. The summed E-state index contributed by atoms with van der Waals surface area (Å²) in [7, 11) is 0. The molecule has 0 saturated heterocycles. The minimum Gasteiger partial charge on any atom is -0.331 e. The van der Waals surface area contributed by atoms with E-state index in [0.29, 0.717) is 19.0 Å². The Morgan fingerprint density at radius 1 is 1.33 bits per heavy atom. The molecule has 0 aromatic heterocycles. The lowest BCUT2D eigenvalue weighted by Gasteiger charge is -2.15. The number of carbonyl (C=O) groups is 1. The van der Waals surface area contributed by atoms with Gasteiger partial charge in [0.1, 0.15) is 0 Å². The average molecular weight is 222 g/mol. The van der Waals surface area contributed by atoms with Crippen molar-refractivity contribution in [1.82, 2.24) is 4.90 Å². The lowest BCUT2D eigenvalue weighted by atomic mass is 10.1. The van der Waals surface area contributed by atoms with E-state index in [2.05, 4.69) is 0 Å². The number of hydrogen-bond acceptors (Lipinski definition) is 1. The van der Waals surface area contributed by atoms with E-state index in [9.17, 15) is 4.79 Å². The Balaban J connectivity index is 2.17. The van der Waals surface area contributed by atoms with Crippen LogP contribution in [0.1, 0.15) is 15.9 Å². The Hall–Kier alpha value is -1.28. The normalized spacial score (nSPS) is 14.6. The predicted octanol–water partition coefficient (Wildman–Crippen LogP) is 2.44. The highest BCUT2D eigenvalue weighted by Crippen LogP contribution is 2.12. The zero-order chi connectivity index (χ0) is 10.7. The van der Waals surface area contributed by atoms with Gasteiger partial charge in [-0.2, -0.15) is 0 Å². The summed E-state index contributed by atoms with van der Waals surface area (Å²) in [6.45, 7) is 1.42. The molecule has 0 saturated carbocycles. The molecule has 3 heteroatoms. The van der Waals surface area contributed by atoms with Gasteiger partial charge in [-0.05, 0) is 17.7 Å². The maximum absolute atomic E-state index is 12.0. The molecule has 0 bridgehead atoms. The summed E-state index contributed by atoms with van der Waals surface area (Å²) in [4.78, 5) is 13.8. The fourth-order valence-corrected chi connectivity index (χ4v) is 1.78. The van der Waals surface area contributed by atoms with E-state index >= 15 is 0 Å². The summed E-state index contributed by atoms with van der Waals surface area (Å²) in [6, 6.07) is 7.48. The van der Waals surface area contributed by atoms with Crippen LogP contribution in [0.25, 0.3) is 0 Å². The van der Waals surface area contributed by atoms with Crippen molar-refractivity contribution in [3.63, 3.8) is 0 Å². The molecular formula is C12H12ClNO. The van der Waals surface area contributed by atoms with E-state index in [0.717, 1.165) is 11.1 Å². The van der Waals surface area contributed by atoms with Crippen LogP contribution >= 0.6 is 11.6 Å². The molecule has 78 valence electrons. The first-order chi connectivity index (χ1) is 7.31. The van der Waals surface area contributed by atoms with Gasteiger partial charge in [0.05, 0.1) is 0 Å². The fraction of sp³-hybridized carbons (Fsp3) is 0.250. The third kappa shape index (κ3) is 2.21. The van der Waals surface area contributed by atoms with Gasteiger partial charge in [-0.1, -0.05) is 24.3 Å². The lowest BCUT2D eigenvalue weighted by Crippen LogP contribution is -2.28. The van der Waals surface area contributed by atoms with Crippen LogP contribution in [0.2, 0.25) is 0 Å². The third-order valence-electron chi connectivity index (χ3n) is 2.43. The van der Waals surface area contributed by atoms with Crippen LogP contribution < -0.4 is 0 Å². The first-order valence-corrected chi connectivity index (χ1v) is 5.44. The van der Waals surface area contributed by atoms with Crippen molar-refractivity contribution in [3.05, 3.63) is 47.5 Å². The van der Waals surface area contributed by atoms with Crippen LogP contribution in [-0.4, -0.2) is 23.9 Å². The maximum atomic E-state index is 12.0. The second-order valence-electron chi connectivity index (χ2n) is 3.52. The van der Waals surface area contributed by atoms with Crippen molar-refractivity contribution in [3.8, 4) is 0 Å². The second-order valence-corrected chi connectivity index (χ2v) is 3.78. The van der Waals surface area contributed by atoms with Crippen LogP contribution in [0.5, 0.6) is 0 Å². The van der Waals surface area contributed by atoms with E-state index in [-0.39, 0.29) is 5.91 Å². The summed E-state index contributed by atoms with van der Waals surface area (Å²) in [5.74, 6) is 0.520. The van der Waals surface area contributed by atoms with Crippen molar-refractivity contribution in [2.45, 2.75) is 5.88 Å². The number of rotatable bonds is 2. The van der Waals surface area contributed by atoms with E-state index in [1.165, 1.54) is 0 Å². The molecule has 0 radical (unpaired) electrons. The van der Waals surface area contributed by atoms with Crippen molar-refractivity contribution >= 4 is 17.5 Å². The smallest absolute Gasteiger partial charge is 0.254 e. The van der Waals surface area contributed by atoms with Crippen molar-refractivity contribution in [2.24, 2.45) is 0 Å². The number of amides is 1. The lowest BCUT2D eigenvalue weighted by molar-refractivity contribution is 0.0800. The molecule has 1 aliphatic heterocycles. The Morgan fingerprint density at radius 3 is 2.73 bits per heavy atom. The van der Waals surface area contributed by atoms with Gasteiger partial charge in [0.15, 0.2) is 0 Å². The quantitative estimate of drug-likeness (QED) is 0.555. The summed E-state index contributed by atoms with van der Waals surface area (Å²) < 4.78 is 0. The molecule has 1 aromatic rings. The zero-order valence-corrected chi connectivity index (χ0v) is 9.07. The molecule has 0 fully saturated rings. The number of benzene rings is 1. The molecule has 0 spiro atoms. The average Bonchev–Trinajstić information content (AvgIpc) is 2.81. The van der Waals surface area contributed by atoms with Gasteiger partial charge < -0.3 is 4.90 Å². The van der Waals surface area contributed by atoms with E-state index in [1.807, 2.05) is 36.4 Å². The highest BCUT2D eigenvalue weighted by molar-refractivity contribution is 6.17. The molecule has 2 rings (SSSR count). The fourth-order valence-electron chi connectivity index (χ4n) is 1.61. The monoisotopic (exact) mass is 221 g/mol. The molecule has 1 amide bonds. The molecule has 0 aliphatic carbocycles. The van der Waals surface area contributed by atoms with Crippen molar-refractivity contribution in [1.29, 1.82) is 0 Å². The molecule has 1 heterocycles. The molecule has 0 unspecified atom stereocenters. The van der Waals surface area contributed by atoms with Gasteiger partial charge in [0, 0.05) is 24.5 Å². The van der Waals surface area contributed by atoms with Gasteiger partial charge in [-0.25, -0.2) is 0 Å². The largest absolute Gasteiger partial charge is 0.331 e. The van der Waals surface area contributed by atoms with E-state index < -0.39 is 0 Å². The number of hydrogen-bond donors (Lipinski definition) is 0. The highest BCUT2D eigenvalue weighted by atomic mass is 35.5. The van der Waals surface area contributed by atoms with Gasteiger partial charge in [-0.15, -0.1) is 11.6 Å². The molecule has 15 heavy (non-hydrogen) atoms. The zero-order valence-electron chi connectivity index (χ0n) is 8.32. The first kappa shape index (κ1) is 10.2. The minimum absolute atomic E-state index is 0.0759. The molecule has 0 N–H and O–H groups in total. The SMILES string of the molecule is O=C(c1cccc(CCl)c1)N1CC=CC1. The van der Waals surface area contributed by atoms with Crippen LogP contribution in [0, 0.1) is 0 Å². The number of carbonyl (C=O) groups excluding carboxylic acids is 1. The maximum Gasteiger partial charge on any atom is 0.254 e. The summed E-state index contributed by atoms with van der Waals surface area (Å²) in [5.41, 5.74) is 1.70. The Bertz CT molecular complexity index is 392. The molecule has 1 aliphatic rings. The number of halogens is 1. The summed E-state index contributed by atoms with van der Waals surface area (Å²) in [6.07, 6.45) is 4.01. The minimum atomic E-state index is 0.0759. The molecule has 2 nitrogen and oxygen atoms in total. The number of alkyl halides is 1. The van der Waals surface area contributed by atoms with Crippen molar-refractivity contribution < 1.29 is 4.79 Å². The standard InChI is InChI=1S/C12H12ClNO/c13-9-10-4-3-5-11(8-10)12(15)14-6-1-2-7-14/h1-5,8H,6-7,9H2. The number of nitrogens with zero attached hydrogens (tertiary/aromatic N) is 1. The third-order valence-corrected chi connectivity index (χ3v) is 2.74. The van der Waals surface area contributed by atoms with Crippen LogP contribution in [0.15, 0.2) is 36.4 Å². The van der Waals surface area contributed by atoms with E-state index in [4.69, 9.17) is 11.6 Å². The van der Waals surface area contributed by atoms with Crippen LogP contribution in [0.3, 0.4) is 0 Å². The van der Waals surface area contributed by atoms with Gasteiger partial charge >= 0.3 is 0 Å². The molecule has 0 atom stereocenters. The van der Waals surface area contributed by atoms with Gasteiger partial charge in [0.25, 0.3) is 5.91 Å². The topological polar surface area (TPSA) is 20.3 Å². The highest BCUT2D eigenvalue weighted by Gasteiger charge is 2.15. The van der Waals surface area contributed by atoms with Crippen LogP contribution in [-0.2, 0) is 5.88 Å². The molecular weight excluding hydrogens is 210 g/mol. The summed E-state index contributed by atoms with van der Waals surface area (Å²) in [5, 5.41) is 0. The predicted molar refractivity (Wildman–Crippen MR) is 61.0 cm³/mol. The Kier molecular flexibility index (Phi) is 3.07. The van der Waals surface area contributed by atoms with Crippen molar-refractivity contribution in [2.75, 3.05) is 13.1 Å². The van der Waals surface area contributed by atoms with Gasteiger partial charge in [-0.3, -0.25) is 4.79 Å². The van der Waals surface area contributed by atoms with Gasteiger partial charge in [0.2, 0.25) is 0 Å². The van der Waals surface area contributed by atoms with Crippen LogP contribution in [0.4, 0.5) is 0 Å².